The number of ether oxygens (including phenoxy) is 2. The zero-order valence-corrected chi connectivity index (χ0v) is 9.19. The largest absolute Gasteiger partial charge is 0.497 e. The third kappa shape index (κ3) is 2.42. The van der Waals surface area contributed by atoms with Crippen molar-refractivity contribution in [2.75, 3.05) is 19.0 Å². The first-order valence-electron chi connectivity index (χ1n) is 5.32. The van der Waals surface area contributed by atoms with Crippen LogP contribution in [0.5, 0.6) is 5.75 Å². The number of benzene rings is 1. The average Bonchev–Trinajstić information content (AvgIpc) is 2.65. The third-order valence-corrected chi connectivity index (χ3v) is 2.80. The molecule has 1 N–H and O–H groups in total. The van der Waals surface area contributed by atoms with Gasteiger partial charge in [-0.1, -0.05) is 6.07 Å². The van der Waals surface area contributed by atoms with Crippen LogP contribution in [0.2, 0.25) is 0 Å². The van der Waals surface area contributed by atoms with Crippen molar-refractivity contribution in [2.24, 2.45) is 0 Å². The molecule has 15 heavy (non-hydrogen) atoms. The fraction of sp³-hybridized carbons (Fsp3) is 0.500. The van der Waals surface area contributed by atoms with Crippen molar-refractivity contribution < 1.29 is 9.47 Å². The van der Waals surface area contributed by atoms with E-state index in [2.05, 4.69) is 12.2 Å². The van der Waals surface area contributed by atoms with Crippen molar-refractivity contribution in [3.63, 3.8) is 0 Å². The number of rotatable bonds is 3. The van der Waals surface area contributed by atoms with E-state index < -0.39 is 0 Å². The van der Waals surface area contributed by atoms with Crippen molar-refractivity contribution >= 4 is 5.69 Å². The van der Waals surface area contributed by atoms with Gasteiger partial charge >= 0.3 is 0 Å². The van der Waals surface area contributed by atoms with E-state index in [-0.39, 0.29) is 6.10 Å². The molecule has 0 spiro atoms. The summed E-state index contributed by atoms with van der Waals surface area (Å²) in [6.45, 7) is 2.95. The number of hydrogen-bond acceptors (Lipinski definition) is 3. The van der Waals surface area contributed by atoms with E-state index in [0.717, 1.165) is 24.5 Å². The maximum atomic E-state index is 5.50. The van der Waals surface area contributed by atoms with Gasteiger partial charge in [-0.2, -0.15) is 0 Å². The van der Waals surface area contributed by atoms with Crippen molar-refractivity contribution in [3.8, 4) is 5.75 Å². The molecule has 82 valence electrons. The van der Waals surface area contributed by atoms with Crippen LogP contribution in [0.15, 0.2) is 24.3 Å². The summed E-state index contributed by atoms with van der Waals surface area (Å²) >= 11 is 0. The first-order valence-corrected chi connectivity index (χ1v) is 5.32. The summed E-state index contributed by atoms with van der Waals surface area (Å²) in [5, 5.41) is 3.46. The molecular weight excluding hydrogens is 190 g/mol. The van der Waals surface area contributed by atoms with Crippen LogP contribution in [0.4, 0.5) is 5.69 Å². The molecule has 1 fully saturated rings. The Labute approximate surface area is 90.4 Å². The summed E-state index contributed by atoms with van der Waals surface area (Å²) in [6, 6.07) is 8.40. The Bertz CT molecular complexity index is 327. The normalized spacial score (nSPS) is 25.2. The maximum Gasteiger partial charge on any atom is 0.120 e. The number of anilines is 1. The molecule has 0 bridgehead atoms. The summed E-state index contributed by atoms with van der Waals surface area (Å²) in [5.41, 5.74) is 1.09. The van der Waals surface area contributed by atoms with E-state index in [4.69, 9.17) is 9.47 Å². The van der Waals surface area contributed by atoms with Gasteiger partial charge in [0.05, 0.1) is 19.3 Å². The Morgan fingerprint density at radius 2 is 2.33 bits per heavy atom. The van der Waals surface area contributed by atoms with Gasteiger partial charge < -0.3 is 14.8 Å². The maximum absolute atomic E-state index is 5.50. The predicted molar refractivity (Wildman–Crippen MR) is 60.4 cm³/mol. The summed E-state index contributed by atoms with van der Waals surface area (Å²) < 4.78 is 10.7. The molecule has 1 heterocycles. The fourth-order valence-electron chi connectivity index (χ4n) is 1.85. The van der Waals surface area contributed by atoms with Crippen LogP contribution < -0.4 is 10.1 Å². The average molecular weight is 207 g/mol. The predicted octanol–water partition coefficient (Wildman–Crippen LogP) is 2.28. The van der Waals surface area contributed by atoms with Crippen LogP contribution in [0, 0.1) is 0 Å². The van der Waals surface area contributed by atoms with Crippen molar-refractivity contribution in [1.29, 1.82) is 0 Å². The third-order valence-electron chi connectivity index (χ3n) is 2.80. The van der Waals surface area contributed by atoms with Gasteiger partial charge in [0.15, 0.2) is 0 Å². The molecule has 0 radical (unpaired) electrons. The van der Waals surface area contributed by atoms with Gasteiger partial charge in [-0.25, -0.2) is 0 Å². The van der Waals surface area contributed by atoms with Gasteiger partial charge in [-0.15, -0.1) is 0 Å². The number of hydrogen-bond donors (Lipinski definition) is 1. The zero-order valence-electron chi connectivity index (χ0n) is 9.19. The monoisotopic (exact) mass is 207 g/mol. The van der Waals surface area contributed by atoms with E-state index >= 15 is 0 Å². The molecule has 0 aliphatic carbocycles. The lowest BCUT2D eigenvalue weighted by atomic mass is 10.1. The van der Waals surface area contributed by atoms with Crippen LogP contribution in [0.25, 0.3) is 0 Å². The van der Waals surface area contributed by atoms with Crippen LogP contribution in [-0.2, 0) is 4.74 Å². The molecular formula is C12H17NO2. The summed E-state index contributed by atoms with van der Waals surface area (Å²) in [4.78, 5) is 0. The molecule has 3 heteroatoms. The molecule has 1 aliphatic rings. The molecule has 1 aromatic rings. The van der Waals surface area contributed by atoms with Crippen LogP contribution in [0.1, 0.15) is 13.3 Å². The molecule has 2 rings (SSSR count). The van der Waals surface area contributed by atoms with Crippen LogP contribution >= 0.6 is 0 Å². The van der Waals surface area contributed by atoms with Gasteiger partial charge in [-0.3, -0.25) is 0 Å². The Morgan fingerprint density at radius 1 is 1.47 bits per heavy atom. The minimum atomic E-state index is 0.288. The lowest BCUT2D eigenvalue weighted by Gasteiger charge is -2.17. The highest BCUT2D eigenvalue weighted by Crippen LogP contribution is 2.21. The summed E-state index contributed by atoms with van der Waals surface area (Å²) in [7, 11) is 1.68. The van der Waals surface area contributed by atoms with Crippen LogP contribution in [0.3, 0.4) is 0 Å². The van der Waals surface area contributed by atoms with Crippen molar-refractivity contribution in [1.82, 2.24) is 0 Å². The molecule has 1 aromatic carbocycles. The molecule has 0 aromatic heterocycles. The zero-order chi connectivity index (χ0) is 10.7. The number of methoxy groups -OCH3 is 1. The fourth-order valence-corrected chi connectivity index (χ4v) is 1.85. The highest BCUT2D eigenvalue weighted by molar-refractivity contribution is 5.49. The molecule has 2 atom stereocenters. The standard InChI is InChI=1S/C12H17NO2/c1-9-12(6-7-15-9)13-10-4-3-5-11(8-10)14-2/h3-5,8-9,12-13H,6-7H2,1-2H3/t9-,12+/m0/s1. The lowest BCUT2D eigenvalue weighted by molar-refractivity contribution is 0.121. The van der Waals surface area contributed by atoms with Crippen molar-refractivity contribution in [2.45, 2.75) is 25.5 Å². The van der Waals surface area contributed by atoms with E-state index in [9.17, 15) is 0 Å². The van der Waals surface area contributed by atoms with Gasteiger partial charge in [0.25, 0.3) is 0 Å². The molecule has 3 nitrogen and oxygen atoms in total. The topological polar surface area (TPSA) is 30.5 Å². The molecule has 0 amide bonds. The Kier molecular flexibility index (Phi) is 3.11. The van der Waals surface area contributed by atoms with Crippen molar-refractivity contribution in [3.05, 3.63) is 24.3 Å². The SMILES string of the molecule is COc1cccc(N[C@@H]2CCO[C@H]2C)c1. The van der Waals surface area contributed by atoms with E-state index in [1.165, 1.54) is 0 Å². The highest BCUT2D eigenvalue weighted by atomic mass is 16.5. The molecule has 0 unspecified atom stereocenters. The smallest absolute Gasteiger partial charge is 0.120 e. The number of nitrogens with one attached hydrogen (secondary N) is 1. The quantitative estimate of drug-likeness (QED) is 0.824. The molecule has 1 aliphatic heterocycles. The molecule has 0 saturated carbocycles. The second-order valence-corrected chi connectivity index (χ2v) is 3.85. The Morgan fingerprint density at radius 3 is 3.00 bits per heavy atom. The van der Waals surface area contributed by atoms with Gasteiger partial charge in [0.2, 0.25) is 0 Å². The van der Waals surface area contributed by atoms with Gasteiger partial charge in [0.1, 0.15) is 5.75 Å². The Balaban J connectivity index is 2.03. The second-order valence-electron chi connectivity index (χ2n) is 3.85. The summed E-state index contributed by atoms with van der Waals surface area (Å²) in [6.07, 6.45) is 1.36. The second kappa shape index (κ2) is 4.53. The van der Waals surface area contributed by atoms with Crippen LogP contribution in [-0.4, -0.2) is 25.9 Å². The van der Waals surface area contributed by atoms with Gasteiger partial charge in [0, 0.05) is 18.4 Å². The minimum Gasteiger partial charge on any atom is -0.497 e. The van der Waals surface area contributed by atoms with E-state index in [1.807, 2.05) is 24.3 Å². The van der Waals surface area contributed by atoms with E-state index in [0.29, 0.717) is 6.04 Å². The Hall–Kier alpha value is -1.22. The van der Waals surface area contributed by atoms with Gasteiger partial charge in [-0.05, 0) is 25.5 Å². The van der Waals surface area contributed by atoms with E-state index in [1.54, 1.807) is 7.11 Å². The molecule has 1 saturated heterocycles. The first kappa shape index (κ1) is 10.3. The minimum absolute atomic E-state index is 0.288. The lowest BCUT2D eigenvalue weighted by Crippen LogP contribution is -2.26. The first-order chi connectivity index (χ1) is 7.29. The highest BCUT2D eigenvalue weighted by Gasteiger charge is 2.23. The summed E-state index contributed by atoms with van der Waals surface area (Å²) in [5.74, 6) is 0.881.